The number of ether oxygens (including phenoxy) is 2. The van der Waals surface area contributed by atoms with E-state index in [-0.39, 0.29) is 0 Å². The Kier molecular flexibility index (Phi) is 3.57. The molecule has 1 aromatic rings. The molecule has 0 aliphatic heterocycles. The van der Waals surface area contributed by atoms with Crippen molar-refractivity contribution in [3.8, 4) is 23.3 Å². The van der Waals surface area contributed by atoms with Crippen molar-refractivity contribution in [3.63, 3.8) is 0 Å². The van der Waals surface area contributed by atoms with Gasteiger partial charge in [0.1, 0.15) is 11.5 Å². The first-order valence-corrected chi connectivity index (χ1v) is 3.99. The summed E-state index contributed by atoms with van der Waals surface area (Å²) in [5, 5.41) is 0. The van der Waals surface area contributed by atoms with E-state index in [1.807, 2.05) is 0 Å². The van der Waals surface area contributed by atoms with Gasteiger partial charge in [0.05, 0.1) is 19.8 Å². The number of benzene rings is 1. The van der Waals surface area contributed by atoms with Gasteiger partial charge in [-0.1, -0.05) is 5.92 Å². The zero-order chi connectivity index (χ0) is 10.4. The molecule has 0 saturated carbocycles. The predicted molar refractivity (Wildman–Crippen MR) is 52.5 cm³/mol. The van der Waals surface area contributed by atoms with Crippen molar-refractivity contribution in [3.05, 3.63) is 23.8 Å². The SMILES string of the molecule is COc1ccc(OC)c(C#CC=O)c1. The van der Waals surface area contributed by atoms with Gasteiger partial charge in [-0.2, -0.15) is 0 Å². The summed E-state index contributed by atoms with van der Waals surface area (Å²) in [4.78, 5) is 10.1. The Morgan fingerprint density at radius 1 is 1.29 bits per heavy atom. The molecule has 1 aromatic carbocycles. The Morgan fingerprint density at radius 3 is 2.64 bits per heavy atom. The van der Waals surface area contributed by atoms with E-state index in [9.17, 15) is 4.79 Å². The largest absolute Gasteiger partial charge is 0.497 e. The third-order valence-corrected chi connectivity index (χ3v) is 1.67. The second kappa shape index (κ2) is 4.93. The van der Waals surface area contributed by atoms with Crippen LogP contribution in [0.25, 0.3) is 0 Å². The number of carbonyl (C=O) groups excluding carboxylic acids is 1. The summed E-state index contributed by atoms with van der Waals surface area (Å²) in [6, 6.07) is 5.23. The van der Waals surface area contributed by atoms with Gasteiger partial charge in [-0.25, -0.2) is 0 Å². The van der Waals surface area contributed by atoms with Gasteiger partial charge in [-0.15, -0.1) is 0 Å². The van der Waals surface area contributed by atoms with Crippen molar-refractivity contribution in [1.82, 2.24) is 0 Å². The van der Waals surface area contributed by atoms with Crippen LogP contribution in [-0.4, -0.2) is 20.5 Å². The number of methoxy groups -OCH3 is 2. The lowest BCUT2D eigenvalue weighted by molar-refractivity contribution is -0.103. The van der Waals surface area contributed by atoms with Gasteiger partial charge in [0.2, 0.25) is 0 Å². The van der Waals surface area contributed by atoms with Gasteiger partial charge in [-0.3, -0.25) is 4.79 Å². The van der Waals surface area contributed by atoms with E-state index in [0.717, 1.165) is 0 Å². The van der Waals surface area contributed by atoms with Crippen molar-refractivity contribution in [2.45, 2.75) is 0 Å². The monoisotopic (exact) mass is 190 g/mol. The number of aldehydes is 1. The summed E-state index contributed by atoms with van der Waals surface area (Å²) in [5.74, 6) is 6.30. The molecule has 0 bridgehead atoms. The van der Waals surface area contributed by atoms with Crippen LogP contribution in [0.5, 0.6) is 11.5 Å². The van der Waals surface area contributed by atoms with E-state index in [0.29, 0.717) is 23.3 Å². The molecule has 14 heavy (non-hydrogen) atoms. The van der Waals surface area contributed by atoms with Crippen LogP contribution >= 0.6 is 0 Å². The van der Waals surface area contributed by atoms with Gasteiger partial charge < -0.3 is 9.47 Å². The van der Waals surface area contributed by atoms with E-state index >= 15 is 0 Å². The normalized spacial score (nSPS) is 8.43. The highest BCUT2D eigenvalue weighted by molar-refractivity contribution is 5.74. The van der Waals surface area contributed by atoms with Crippen LogP contribution in [0.4, 0.5) is 0 Å². The molecule has 0 atom stereocenters. The highest BCUT2D eigenvalue weighted by atomic mass is 16.5. The fourth-order valence-electron chi connectivity index (χ4n) is 1.02. The van der Waals surface area contributed by atoms with Crippen molar-refractivity contribution in [2.75, 3.05) is 14.2 Å². The van der Waals surface area contributed by atoms with E-state index < -0.39 is 0 Å². The summed E-state index contributed by atoms with van der Waals surface area (Å²) in [5.41, 5.74) is 0.638. The lowest BCUT2D eigenvalue weighted by atomic mass is 10.2. The van der Waals surface area contributed by atoms with Gasteiger partial charge in [-0.05, 0) is 24.1 Å². The van der Waals surface area contributed by atoms with Gasteiger partial charge in [0, 0.05) is 0 Å². The van der Waals surface area contributed by atoms with Crippen LogP contribution < -0.4 is 9.47 Å². The average Bonchev–Trinajstić information content (AvgIpc) is 2.25. The van der Waals surface area contributed by atoms with E-state index in [1.165, 1.54) is 0 Å². The zero-order valence-electron chi connectivity index (χ0n) is 8.03. The van der Waals surface area contributed by atoms with E-state index in [1.54, 1.807) is 32.4 Å². The summed E-state index contributed by atoms with van der Waals surface area (Å²) >= 11 is 0. The summed E-state index contributed by atoms with van der Waals surface area (Å²) in [6.45, 7) is 0. The second-order valence-electron chi connectivity index (χ2n) is 2.45. The third kappa shape index (κ3) is 2.27. The molecular formula is C11H10O3. The van der Waals surface area contributed by atoms with Crippen LogP contribution in [0.15, 0.2) is 18.2 Å². The van der Waals surface area contributed by atoms with Crippen molar-refractivity contribution in [1.29, 1.82) is 0 Å². The van der Waals surface area contributed by atoms with Crippen LogP contribution in [-0.2, 0) is 4.79 Å². The summed E-state index contributed by atoms with van der Waals surface area (Å²) in [6.07, 6.45) is 0.541. The summed E-state index contributed by atoms with van der Waals surface area (Å²) in [7, 11) is 3.12. The number of carbonyl (C=O) groups is 1. The molecule has 0 aliphatic rings. The minimum Gasteiger partial charge on any atom is -0.497 e. The number of rotatable bonds is 2. The topological polar surface area (TPSA) is 35.5 Å². The van der Waals surface area contributed by atoms with E-state index in [4.69, 9.17) is 9.47 Å². The van der Waals surface area contributed by atoms with Crippen molar-refractivity contribution < 1.29 is 14.3 Å². The molecule has 72 valence electrons. The van der Waals surface area contributed by atoms with E-state index in [2.05, 4.69) is 11.8 Å². The molecule has 0 fully saturated rings. The van der Waals surface area contributed by atoms with Gasteiger partial charge in [0.25, 0.3) is 0 Å². The molecule has 0 N–H and O–H groups in total. The lowest BCUT2D eigenvalue weighted by Crippen LogP contribution is -1.90. The molecule has 0 amide bonds. The molecule has 0 unspecified atom stereocenters. The Morgan fingerprint density at radius 2 is 2.07 bits per heavy atom. The smallest absolute Gasteiger partial charge is 0.193 e. The lowest BCUT2D eigenvalue weighted by Gasteiger charge is -2.05. The molecule has 1 rings (SSSR count). The van der Waals surface area contributed by atoms with Crippen LogP contribution in [0.3, 0.4) is 0 Å². The molecular weight excluding hydrogens is 180 g/mol. The third-order valence-electron chi connectivity index (χ3n) is 1.67. The first-order chi connectivity index (χ1) is 6.81. The first-order valence-electron chi connectivity index (χ1n) is 3.99. The van der Waals surface area contributed by atoms with Crippen molar-refractivity contribution in [2.24, 2.45) is 0 Å². The Hall–Kier alpha value is -1.95. The van der Waals surface area contributed by atoms with Gasteiger partial charge >= 0.3 is 0 Å². The number of hydrogen-bond donors (Lipinski definition) is 0. The molecule has 0 radical (unpaired) electrons. The first kappa shape index (κ1) is 10.1. The Bertz CT molecular complexity index is 385. The fraction of sp³-hybridized carbons (Fsp3) is 0.182. The minimum atomic E-state index is 0.541. The summed E-state index contributed by atoms with van der Waals surface area (Å²) < 4.78 is 10.1. The maximum absolute atomic E-state index is 10.1. The molecule has 0 aromatic heterocycles. The molecule has 0 heterocycles. The van der Waals surface area contributed by atoms with Gasteiger partial charge in [0.15, 0.2) is 6.29 Å². The highest BCUT2D eigenvalue weighted by Crippen LogP contribution is 2.22. The molecule has 0 spiro atoms. The Balaban J connectivity index is 3.14. The maximum atomic E-state index is 10.1. The molecule has 0 saturated heterocycles. The highest BCUT2D eigenvalue weighted by Gasteiger charge is 2.01. The molecule has 0 aliphatic carbocycles. The minimum absolute atomic E-state index is 0.541. The van der Waals surface area contributed by atoms with Crippen LogP contribution in [0.2, 0.25) is 0 Å². The number of hydrogen-bond acceptors (Lipinski definition) is 3. The fourth-order valence-corrected chi connectivity index (χ4v) is 1.02. The Labute approximate surface area is 82.6 Å². The van der Waals surface area contributed by atoms with Crippen LogP contribution in [0, 0.1) is 11.8 Å². The zero-order valence-corrected chi connectivity index (χ0v) is 8.03. The van der Waals surface area contributed by atoms with Crippen molar-refractivity contribution >= 4 is 6.29 Å². The molecule has 3 heteroatoms. The predicted octanol–water partition coefficient (Wildman–Crippen LogP) is 1.25. The van der Waals surface area contributed by atoms with Crippen LogP contribution in [0.1, 0.15) is 5.56 Å². The average molecular weight is 190 g/mol. The molecule has 3 nitrogen and oxygen atoms in total. The standard InChI is InChI=1S/C11H10O3/c1-13-10-5-6-11(14-2)9(8-10)4-3-7-12/h5-8H,1-2H3. The maximum Gasteiger partial charge on any atom is 0.193 e. The quantitative estimate of drug-likeness (QED) is 0.520. The second-order valence-corrected chi connectivity index (χ2v) is 2.45.